The van der Waals surface area contributed by atoms with E-state index in [1.165, 1.54) is 4.90 Å². The van der Waals surface area contributed by atoms with E-state index in [0.717, 1.165) is 23.1 Å². The number of hydrogen-bond acceptors (Lipinski definition) is 2. The maximum Gasteiger partial charge on any atom is 0.326 e. The Kier molecular flexibility index (Phi) is 4.12. The van der Waals surface area contributed by atoms with E-state index in [2.05, 4.69) is 0 Å². The average molecular weight is 275 g/mol. The van der Waals surface area contributed by atoms with E-state index in [0.29, 0.717) is 6.54 Å². The smallest absolute Gasteiger partial charge is 0.326 e. The molecule has 2 rings (SSSR count). The highest BCUT2D eigenvalue weighted by Crippen LogP contribution is 2.25. The Hall–Kier alpha value is -1.84. The number of rotatable bonds is 3. The Morgan fingerprint density at radius 1 is 1.35 bits per heavy atom. The molecule has 20 heavy (non-hydrogen) atoms. The van der Waals surface area contributed by atoms with Gasteiger partial charge < -0.3 is 10.0 Å². The van der Waals surface area contributed by atoms with Gasteiger partial charge >= 0.3 is 5.97 Å². The fourth-order valence-corrected chi connectivity index (χ4v) is 2.86. The van der Waals surface area contributed by atoms with Crippen molar-refractivity contribution in [2.24, 2.45) is 5.92 Å². The van der Waals surface area contributed by atoms with Crippen molar-refractivity contribution in [2.75, 3.05) is 6.54 Å². The molecule has 1 aliphatic heterocycles. The van der Waals surface area contributed by atoms with Gasteiger partial charge in [-0.05, 0) is 37.3 Å². The van der Waals surface area contributed by atoms with Gasteiger partial charge in [-0.15, -0.1) is 0 Å². The molecule has 1 fully saturated rings. The molecule has 1 N–H and O–H groups in total. The van der Waals surface area contributed by atoms with Gasteiger partial charge in [0.15, 0.2) is 0 Å². The number of nitrogens with zero attached hydrogens (tertiary/aromatic N) is 1. The van der Waals surface area contributed by atoms with Crippen LogP contribution in [0.2, 0.25) is 0 Å². The maximum atomic E-state index is 12.4. The summed E-state index contributed by atoms with van der Waals surface area (Å²) in [5.74, 6) is -0.963. The summed E-state index contributed by atoms with van der Waals surface area (Å²) < 4.78 is 0. The van der Waals surface area contributed by atoms with Crippen LogP contribution in [0.15, 0.2) is 18.2 Å². The van der Waals surface area contributed by atoms with Crippen LogP contribution in [-0.4, -0.2) is 34.5 Å². The number of carboxylic acid groups (broad SMARTS) is 1. The predicted octanol–water partition coefficient (Wildman–Crippen LogP) is 2.17. The summed E-state index contributed by atoms with van der Waals surface area (Å²) in [5, 5.41) is 9.27. The Balaban J connectivity index is 2.16. The third kappa shape index (κ3) is 2.84. The summed E-state index contributed by atoms with van der Waals surface area (Å²) in [7, 11) is 0. The first-order chi connectivity index (χ1) is 9.40. The first kappa shape index (κ1) is 14.6. The third-order valence-electron chi connectivity index (χ3n) is 4.12. The van der Waals surface area contributed by atoms with E-state index >= 15 is 0 Å². The molecule has 1 aliphatic rings. The van der Waals surface area contributed by atoms with Gasteiger partial charge in [-0.2, -0.15) is 0 Å². The van der Waals surface area contributed by atoms with Crippen molar-refractivity contribution >= 4 is 11.9 Å². The molecule has 1 aromatic carbocycles. The van der Waals surface area contributed by atoms with E-state index in [9.17, 15) is 14.7 Å². The van der Waals surface area contributed by atoms with Crippen molar-refractivity contribution in [3.8, 4) is 0 Å². The van der Waals surface area contributed by atoms with Crippen molar-refractivity contribution in [3.05, 3.63) is 34.9 Å². The van der Waals surface area contributed by atoms with Gasteiger partial charge in [0.05, 0.1) is 6.42 Å². The summed E-state index contributed by atoms with van der Waals surface area (Å²) in [6.45, 7) is 6.40. The summed E-state index contributed by atoms with van der Waals surface area (Å²) in [6, 6.07) is 5.34. The van der Waals surface area contributed by atoms with Gasteiger partial charge in [0.25, 0.3) is 0 Å². The molecule has 108 valence electrons. The van der Waals surface area contributed by atoms with Crippen molar-refractivity contribution in [3.63, 3.8) is 0 Å². The van der Waals surface area contributed by atoms with Crippen LogP contribution < -0.4 is 0 Å². The fraction of sp³-hybridized carbons (Fsp3) is 0.500. The zero-order chi connectivity index (χ0) is 14.9. The number of carboxylic acids is 1. The van der Waals surface area contributed by atoms with Crippen molar-refractivity contribution in [2.45, 2.75) is 39.7 Å². The lowest BCUT2D eigenvalue weighted by atomic mass is 10.0. The number of hydrogen-bond donors (Lipinski definition) is 1. The van der Waals surface area contributed by atoms with Gasteiger partial charge in [-0.25, -0.2) is 4.79 Å². The number of aryl methyl sites for hydroxylation is 2. The predicted molar refractivity (Wildman–Crippen MR) is 76.5 cm³/mol. The van der Waals surface area contributed by atoms with E-state index in [-0.39, 0.29) is 18.2 Å². The van der Waals surface area contributed by atoms with Crippen molar-refractivity contribution in [1.82, 2.24) is 4.90 Å². The molecule has 1 aromatic rings. The van der Waals surface area contributed by atoms with Crippen LogP contribution in [0.4, 0.5) is 0 Å². The molecular weight excluding hydrogens is 254 g/mol. The van der Waals surface area contributed by atoms with Gasteiger partial charge in [0.1, 0.15) is 6.04 Å². The van der Waals surface area contributed by atoms with E-state index < -0.39 is 12.0 Å². The molecule has 0 spiro atoms. The Morgan fingerprint density at radius 3 is 2.70 bits per heavy atom. The topological polar surface area (TPSA) is 57.6 Å². The largest absolute Gasteiger partial charge is 0.480 e. The first-order valence-corrected chi connectivity index (χ1v) is 6.98. The van der Waals surface area contributed by atoms with Crippen LogP contribution in [0.5, 0.6) is 0 Å². The van der Waals surface area contributed by atoms with Gasteiger partial charge in [0, 0.05) is 6.54 Å². The first-order valence-electron chi connectivity index (χ1n) is 6.98. The van der Waals surface area contributed by atoms with E-state index in [4.69, 9.17) is 0 Å². The minimum absolute atomic E-state index is 0.0232. The van der Waals surface area contributed by atoms with Crippen LogP contribution in [0.25, 0.3) is 0 Å². The number of aliphatic carboxylic acids is 1. The summed E-state index contributed by atoms with van der Waals surface area (Å²) >= 11 is 0. The monoisotopic (exact) mass is 275 g/mol. The number of carbonyl (C=O) groups excluding carboxylic acids is 1. The van der Waals surface area contributed by atoms with Gasteiger partial charge in [0.2, 0.25) is 5.91 Å². The lowest BCUT2D eigenvalue weighted by molar-refractivity contribution is -0.149. The van der Waals surface area contributed by atoms with Crippen LogP contribution in [0.1, 0.15) is 30.0 Å². The van der Waals surface area contributed by atoms with Crippen LogP contribution >= 0.6 is 0 Å². The highest BCUT2D eigenvalue weighted by molar-refractivity contribution is 5.86. The Labute approximate surface area is 119 Å². The summed E-state index contributed by atoms with van der Waals surface area (Å²) in [4.78, 5) is 25.2. The van der Waals surface area contributed by atoms with Crippen molar-refractivity contribution < 1.29 is 14.7 Å². The fourth-order valence-electron chi connectivity index (χ4n) is 2.86. The summed E-state index contributed by atoms with van der Waals surface area (Å²) in [6.07, 6.45) is 1.04. The zero-order valence-corrected chi connectivity index (χ0v) is 12.2. The van der Waals surface area contributed by atoms with Crippen molar-refractivity contribution in [1.29, 1.82) is 0 Å². The molecule has 2 unspecified atom stereocenters. The SMILES string of the molecule is Cc1ccc(C)c(CC(=O)N2CCC(C)C2C(=O)O)c1. The number of likely N-dealkylation sites (tertiary alicyclic amines) is 1. The molecule has 0 saturated carbocycles. The standard InChI is InChI=1S/C16H21NO3/c1-10-4-5-11(2)13(8-10)9-14(18)17-7-6-12(3)15(17)16(19)20/h4-5,8,12,15H,6-7,9H2,1-3H3,(H,19,20). The quantitative estimate of drug-likeness (QED) is 0.919. The molecular formula is C16H21NO3. The van der Waals surface area contributed by atoms with Gasteiger partial charge in [-0.3, -0.25) is 4.79 Å². The molecule has 0 aromatic heterocycles. The number of carbonyl (C=O) groups is 2. The van der Waals surface area contributed by atoms with Crippen LogP contribution in [-0.2, 0) is 16.0 Å². The normalized spacial score (nSPS) is 22.1. The van der Waals surface area contributed by atoms with Crippen LogP contribution in [0, 0.1) is 19.8 Å². The molecule has 1 heterocycles. The zero-order valence-electron chi connectivity index (χ0n) is 12.2. The third-order valence-corrected chi connectivity index (χ3v) is 4.12. The second-order valence-electron chi connectivity index (χ2n) is 5.74. The van der Waals surface area contributed by atoms with E-state index in [1.807, 2.05) is 39.0 Å². The molecule has 0 aliphatic carbocycles. The average Bonchev–Trinajstić information content (AvgIpc) is 2.76. The molecule has 0 bridgehead atoms. The molecule has 1 saturated heterocycles. The lowest BCUT2D eigenvalue weighted by Gasteiger charge is -2.23. The Bertz CT molecular complexity index is 539. The lowest BCUT2D eigenvalue weighted by Crippen LogP contribution is -2.43. The Morgan fingerprint density at radius 2 is 2.05 bits per heavy atom. The highest BCUT2D eigenvalue weighted by Gasteiger charge is 2.39. The second kappa shape index (κ2) is 5.65. The molecule has 2 atom stereocenters. The van der Waals surface area contributed by atoms with Gasteiger partial charge in [-0.1, -0.05) is 30.7 Å². The number of amides is 1. The highest BCUT2D eigenvalue weighted by atomic mass is 16.4. The molecule has 0 radical (unpaired) electrons. The minimum Gasteiger partial charge on any atom is -0.480 e. The maximum absolute atomic E-state index is 12.4. The summed E-state index contributed by atoms with van der Waals surface area (Å²) in [5.41, 5.74) is 3.17. The molecule has 1 amide bonds. The second-order valence-corrected chi connectivity index (χ2v) is 5.74. The van der Waals surface area contributed by atoms with E-state index in [1.54, 1.807) is 0 Å². The number of benzene rings is 1. The van der Waals surface area contributed by atoms with Crippen LogP contribution in [0.3, 0.4) is 0 Å². The minimum atomic E-state index is -0.899. The molecule has 4 nitrogen and oxygen atoms in total. The molecule has 4 heteroatoms.